The Morgan fingerprint density at radius 3 is 2.89 bits per heavy atom. The van der Waals surface area contributed by atoms with Crippen molar-refractivity contribution in [1.82, 2.24) is 15.5 Å². The first kappa shape index (κ1) is 18.4. The molecule has 2 aliphatic heterocycles. The number of carbonyl (C=O) groups excluding carboxylic acids is 2. The maximum atomic E-state index is 12.7. The molecule has 2 aromatic rings. The van der Waals surface area contributed by atoms with Crippen molar-refractivity contribution in [3.8, 4) is 0 Å². The second kappa shape index (κ2) is 7.93. The largest absolute Gasteiger partial charge is 0.350 e. The number of nitrogens with one attached hydrogen (secondary N) is 1. The van der Waals surface area contributed by atoms with Crippen LogP contribution < -0.4 is 15.1 Å². The Morgan fingerprint density at radius 2 is 2.11 bits per heavy atom. The minimum atomic E-state index is -0.243. The summed E-state index contributed by atoms with van der Waals surface area (Å²) in [6, 6.07) is 7.66. The molecule has 1 N–H and O–H groups in total. The van der Waals surface area contributed by atoms with E-state index in [0.717, 1.165) is 35.8 Å². The van der Waals surface area contributed by atoms with Crippen LogP contribution >= 0.6 is 27.3 Å². The van der Waals surface area contributed by atoms with E-state index in [4.69, 9.17) is 0 Å². The van der Waals surface area contributed by atoms with Crippen molar-refractivity contribution in [3.63, 3.8) is 0 Å². The number of hydrogen-bond acceptors (Lipinski definition) is 6. The quantitative estimate of drug-likeness (QED) is 0.758. The summed E-state index contributed by atoms with van der Waals surface area (Å²) in [5.74, 6) is 0.101. The lowest BCUT2D eigenvalue weighted by molar-refractivity contribution is -0.122. The number of aromatic nitrogens is 2. The van der Waals surface area contributed by atoms with E-state index >= 15 is 0 Å². The molecule has 1 aromatic carbocycles. The molecular weight excluding hydrogens is 430 g/mol. The molecule has 9 heteroatoms. The van der Waals surface area contributed by atoms with Crippen LogP contribution in [0.25, 0.3) is 0 Å². The van der Waals surface area contributed by atoms with Gasteiger partial charge in [0, 0.05) is 30.5 Å². The number of anilines is 2. The number of hydrogen-bond donors (Lipinski definition) is 1. The number of amides is 2. The van der Waals surface area contributed by atoms with Gasteiger partial charge in [-0.3, -0.25) is 14.5 Å². The molecule has 0 aliphatic carbocycles. The van der Waals surface area contributed by atoms with Gasteiger partial charge in [0.2, 0.25) is 22.1 Å². The summed E-state index contributed by atoms with van der Waals surface area (Å²) in [4.78, 5) is 28.3. The van der Waals surface area contributed by atoms with Crippen LogP contribution in [0.4, 0.5) is 10.3 Å². The Morgan fingerprint density at radius 1 is 1.26 bits per heavy atom. The molecule has 0 bridgehead atoms. The van der Waals surface area contributed by atoms with Crippen molar-refractivity contribution in [2.45, 2.75) is 38.3 Å². The van der Waals surface area contributed by atoms with Crippen molar-refractivity contribution in [1.29, 1.82) is 0 Å². The Bertz CT molecular complexity index is 858. The highest BCUT2D eigenvalue weighted by Crippen LogP contribution is 2.33. The van der Waals surface area contributed by atoms with Crippen molar-refractivity contribution in [3.05, 3.63) is 34.3 Å². The Labute approximate surface area is 169 Å². The molecule has 1 atom stereocenters. The number of benzene rings is 1. The summed E-state index contributed by atoms with van der Waals surface area (Å²) in [7, 11) is 0. The summed E-state index contributed by atoms with van der Waals surface area (Å²) in [6.07, 6.45) is 3.16. The predicted octanol–water partition coefficient (Wildman–Crippen LogP) is 2.71. The standard InChI is InChI=1S/C18H20BrN5O2S/c19-13-5-1-4-12(10-13)11-20-16(26)14-6-2-8-23(14)17-21-22-18(27-17)24-9-3-7-15(24)25/h1,4-5,10,14H,2-3,6-9,11H2,(H,20,26)/t14-/m0/s1. The van der Waals surface area contributed by atoms with Gasteiger partial charge in [0.05, 0.1) is 0 Å². The highest BCUT2D eigenvalue weighted by Gasteiger charge is 2.34. The van der Waals surface area contributed by atoms with Crippen LogP contribution in [0.2, 0.25) is 0 Å². The fraction of sp³-hybridized carbons (Fsp3) is 0.444. The minimum Gasteiger partial charge on any atom is -0.350 e. The molecule has 2 saturated heterocycles. The van der Waals surface area contributed by atoms with Gasteiger partial charge in [-0.15, -0.1) is 10.2 Å². The van der Waals surface area contributed by atoms with Crippen molar-refractivity contribution in [2.24, 2.45) is 0 Å². The van der Waals surface area contributed by atoms with E-state index in [1.165, 1.54) is 11.3 Å². The van der Waals surface area contributed by atoms with Gasteiger partial charge in [-0.05, 0) is 37.0 Å². The third kappa shape index (κ3) is 3.98. The predicted molar refractivity (Wildman–Crippen MR) is 108 cm³/mol. The molecule has 0 radical (unpaired) electrons. The second-order valence-corrected chi connectivity index (χ2v) is 8.57. The zero-order valence-electron chi connectivity index (χ0n) is 14.7. The third-order valence-electron chi connectivity index (χ3n) is 4.86. The monoisotopic (exact) mass is 449 g/mol. The van der Waals surface area contributed by atoms with Gasteiger partial charge in [-0.25, -0.2) is 0 Å². The SMILES string of the molecule is O=C(NCc1cccc(Br)c1)[C@@H]1CCCN1c1nnc(N2CCCC2=O)s1. The number of nitrogens with zero attached hydrogens (tertiary/aromatic N) is 4. The number of carbonyl (C=O) groups is 2. The summed E-state index contributed by atoms with van der Waals surface area (Å²) in [5, 5.41) is 12.8. The molecule has 2 fully saturated rings. The molecule has 4 rings (SSSR count). The summed E-state index contributed by atoms with van der Waals surface area (Å²) in [6.45, 7) is 1.97. The molecule has 0 saturated carbocycles. The lowest BCUT2D eigenvalue weighted by Crippen LogP contribution is -2.43. The third-order valence-corrected chi connectivity index (χ3v) is 6.34. The fourth-order valence-corrected chi connectivity index (χ4v) is 4.92. The van der Waals surface area contributed by atoms with E-state index < -0.39 is 0 Å². The zero-order chi connectivity index (χ0) is 18.8. The molecule has 0 spiro atoms. The lowest BCUT2D eigenvalue weighted by atomic mass is 10.2. The van der Waals surface area contributed by atoms with E-state index in [0.29, 0.717) is 29.8 Å². The van der Waals surface area contributed by atoms with Crippen LogP contribution in [0.5, 0.6) is 0 Å². The number of rotatable bonds is 5. The van der Waals surface area contributed by atoms with Gasteiger partial charge < -0.3 is 10.2 Å². The van der Waals surface area contributed by atoms with Gasteiger partial charge in [0.1, 0.15) is 6.04 Å². The van der Waals surface area contributed by atoms with Gasteiger partial charge in [0.25, 0.3) is 0 Å². The van der Waals surface area contributed by atoms with Crippen molar-refractivity contribution >= 4 is 49.3 Å². The topological polar surface area (TPSA) is 78.4 Å². The van der Waals surface area contributed by atoms with Crippen LogP contribution in [-0.2, 0) is 16.1 Å². The van der Waals surface area contributed by atoms with Crippen molar-refractivity contribution in [2.75, 3.05) is 22.9 Å². The smallest absolute Gasteiger partial charge is 0.243 e. The van der Waals surface area contributed by atoms with Crippen LogP contribution in [0.15, 0.2) is 28.7 Å². The molecule has 7 nitrogen and oxygen atoms in total. The fourth-order valence-electron chi connectivity index (χ4n) is 3.51. The molecule has 3 heterocycles. The van der Waals surface area contributed by atoms with Crippen LogP contribution in [0.3, 0.4) is 0 Å². The van der Waals surface area contributed by atoms with E-state index in [2.05, 4.69) is 31.4 Å². The lowest BCUT2D eigenvalue weighted by Gasteiger charge is -2.22. The summed E-state index contributed by atoms with van der Waals surface area (Å²) >= 11 is 4.84. The first-order chi connectivity index (χ1) is 13.1. The molecular formula is C18H20BrN5O2S. The van der Waals surface area contributed by atoms with Crippen LogP contribution in [-0.4, -0.2) is 41.1 Å². The molecule has 0 unspecified atom stereocenters. The van der Waals surface area contributed by atoms with E-state index in [1.807, 2.05) is 29.2 Å². The minimum absolute atomic E-state index is 0.00137. The average molecular weight is 450 g/mol. The zero-order valence-corrected chi connectivity index (χ0v) is 17.1. The highest BCUT2D eigenvalue weighted by atomic mass is 79.9. The molecule has 1 aromatic heterocycles. The summed E-state index contributed by atoms with van der Waals surface area (Å²) < 4.78 is 0.995. The number of halogens is 1. The molecule has 2 aliphatic rings. The first-order valence-corrected chi connectivity index (χ1v) is 10.7. The van der Waals surface area contributed by atoms with Crippen molar-refractivity contribution < 1.29 is 9.59 Å². The van der Waals surface area contributed by atoms with E-state index in [9.17, 15) is 9.59 Å². The van der Waals surface area contributed by atoms with Gasteiger partial charge in [-0.2, -0.15) is 0 Å². The Hall–Kier alpha value is -2.00. The Kier molecular flexibility index (Phi) is 5.40. The molecule has 142 valence electrons. The van der Waals surface area contributed by atoms with E-state index in [-0.39, 0.29) is 17.9 Å². The van der Waals surface area contributed by atoms with Gasteiger partial charge in [0.15, 0.2) is 0 Å². The maximum Gasteiger partial charge on any atom is 0.243 e. The molecule has 2 amide bonds. The summed E-state index contributed by atoms with van der Waals surface area (Å²) in [5.41, 5.74) is 1.05. The van der Waals surface area contributed by atoms with Gasteiger partial charge in [-0.1, -0.05) is 39.4 Å². The normalized spacial score (nSPS) is 19.7. The first-order valence-electron chi connectivity index (χ1n) is 9.04. The molecule has 27 heavy (non-hydrogen) atoms. The highest BCUT2D eigenvalue weighted by molar-refractivity contribution is 9.10. The van der Waals surface area contributed by atoms with Gasteiger partial charge >= 0.3 is 0 Å². The van der Waals surface area contributed by atoms with Crippen LogP contribution in [0.1, 0.15) is 31.2 Å². The van der Waals surface area contributed by atoms with Crippen LogP contribution in [0, 0.1) is 0 Å². The van der Waals surface area contributed by atoms with E-state index in [1.54, 1.807) is 4.90 Å². The Balaban J connectivity index is 1.42. The maximum absolute atomic E-state index is 12.7. The average Bonchev–Trinajstić information content (AvgIpc) is 3.39. The second-order valence-electron chi connectivity index (χ2n) is 6.72.